The monoisotopic (exact) mass is 372 g/mol. The highest BCUT2D eigenvalue weighted by Gasteiger charge is 2.10. The third kappa shape index (κ3) is 5.16. The van der Waals surface area contributed by atoms with E-state index in [2.05, 4.69) is 20.3 Å². The number of benzene rings is 1. The largest absolute Gasteiger partial charge is 0.383 e. The number of nitrogen functional groups attached to an aromatic ring is 2. The zero-order chi connectivity index (χ0) is 17.6. The van der Waals surface area contributed by atoms with Crippen LogP contribution in [0.3, 0.4) is 0 Å². The van der Waals surface area contributed by atoms with E-state index in [1.807, 2.05) is 35.7 Å². The van der Waals surface area contributed by atoms with Crippen molar-refractivity contribution < 1.29 is 4.79 Å². The van der Waals surface area contributed by atoms with Crippen LogP contribution >= 0.6 is 23.1 Å². The van der Waals surface area contributed by atoms with Crippen LogP contribution in [0.5, 0.6) is 0 Å². The maximum absolute atomic E-state index is 12.0. The summed E-state index contributed by atoms with van der Waals surface area (Å²) in [5.74, 6) is 1.17. The van der Waals surface area contributed by atoms with E-state index in [0.29, 0.717) is 22.5 Å². The fourth-order valence-electron chi connectivity index (χ4n) is 2.03. The molecule has 0 bridgehead atoms. The van der Waals surface area contributed by atoms with E-state index < -0.39 is 0 Å². The molecule has 0 radical (unpaired) electrons. The molecule has 25 heavy (non-hydrogen) atoms. The second-order valence-corrected chi connectivity index (χ2v) is 7.00. The minimum absolute atomic E-state index is 0.0910. The number of para-hydroxylation sites is 1. The number of carbonyl (C=O) groups is 1. The second-order valence-electron chi connectivity index (χ2n) is 5.11. The molecule has 0 fully saturated rings. The summed E-state index contributed by atoms with van der Waals surface area (Å²) in [6.07, 6.45) is 0.242. The molecular formula is C16H16N6OS2. The molecule has 0 aliphatic heterocycles. The van der Waals surface area contributed by atoms with Gasteiger partial charge >= 0.3 is 0 Å². The Balaban J connectivity index is 1.54. The van der Waals surface area contributed by atoms with E-state index in [4.69, 9.17) is 11.5 Å². The standard InChI is InChI=1S/C16H16N6OS2/c17-12-6-13(18)22-16(21-12)25-9-11-8-24-15(20-11)7-14(23)19-10-4-2-1-3-5-10/h1-6,8H,7,9H2,(H,19,23)(H4,17,18,21,22). The highest BCUT2D eigenvalue weighted by atomic mass is 32.2. The summed E-state index contributed by atoms with van der Waals surface area (Å²) in [4.78, 5) is 24.7. The van der Waals surface area contributed by atoms with Crippen molar-refractivity contribution in [2.24, 2.45) is 0 Å². The molecule has 7 nitrogen and oxygen atoms in total. The van der Waals surface area contributed by atoms with E-state index in [0.717, 1.165) is 16.4 Å². The van der Waals surface area contributed by atoms with Crippen LogP contribution in [0.15, 0.2) is 46.9 Å². The maximum atomic E-state index is 12.0. The molecule has 3 aromatic rings. The summed E-state index contributed by atoms with van der Waals surface area (Å²) in [7, 11) is 0. The molecule has 0 unspecified atom stereocenters. The van der Waals surface area contributed by atoms with Crippen molar-refractivity contribution in [3.63, 3.8) is 0 Å². The van der Waals surface area contributed by atoms with Crippen molar-refractivity contribution in [1.29, 1.82) is 0 Å². The summed E-state index contributed by atoms with van der Waals surface area (Å²) >= 11 is 2.85. The van der Waals surface area contributed by atoms with Gasteiger partial charge < -0.3 is 16.8 Å². The fourth-order valence-corrected chi connectivity index (χ4v) is 3.69. The number of thioether (sulfide) groups is 1. The molecule has 0 aliphatic rings. The molecule has 1 aromatic carbocycles. The van der Waals surface area contributed by atoms with Crippen LogP contribution in [-0.2, 0) is 17.0 Å². The molecule has 0 saturated heterocycles. The number of hydrogen-bond acceptors (Lipinski definition) is 8. The summed E-state index contributed by atoms with van der Waals surface area (Å²) in [6.45, 7) is 0. The van der Waals surface area contributed by atoms with Crippen LogP contribution in [-0.4, -0.2) is 20.9 Å². The van der Waals surface area contributed by atoms with Crippen LogP contribution in [0, 0.1) is 0 Å². The van der Waals surface area contributed by atoms with E-state index in [-0.39, 0.29) is 12.3 Å². The number of rotatable bonds is 6. The topological polar surface area (TPSA) is 120 Å². The van der Waals surface area contributed by atoms with Gasteiger partial charge in [-0.25, -0.2) is 15.0 Å². The van der Waals surface area contributed by atoms with Crippen molar-refractivity contribution in [2.75, 3.05) is 16.8 Å². The summed E-state index contributed by atoms with van der Waals surface area (Å²) in [5.41, 5.74) is 12.9. The molecule has 3 rings (SSSR count). The lowest BCUT2D eigenvalue weighted by Crippen LogP contribution is -2.14. The first kappa shape index (κ1) is 17.2. The van der Waals surface area contributed by atoms with Crippen molar-refractivity contribution >= 4 is 46.3 Å². The van der Waals surface area contributed by atoms with Crippen molar-refractivity contribution in [3.05, 3.63) is 52.5 Å². The van der Waals surface area contributed by atoms with Gasteiger partial charge in [0.2, 0.25) is 5.91 Å². The lowest BCUT2D eigenvalue weighted by atomic mass is 10.3. The molecule has 2 heterocycles. The normalized spacial score (nSPS) is 10.6. The Hall–Kier alpha value is -2.65. The fraction of sp³-hybridized carbons (Fsp3) is 0.125. The SMILES string of the molecule is Nc1cc(N)nc(SCc2csc(CC(=O)Nc3ccccc3)n2)n1. The first-order valence-corrected chi connectivity index (χ1v) is 9.26. The van der Waals surface area contributed by atoms with E-state index in [9.17, 15) is 4.79 Å². The number of amides is 1. The van der Waals surface area contributed by atoms with E-state index in [1.54, 1.807) is 0 Å². The quantitative estimate of drug-likeness (QED) is 0.449. The average molecular weight is 372 g/mol. The summed E-state index contributed by atoms with van der Waals surface area (Å²) in [6, 6.07) is 10.9. The van der Waals surface area contributed by atoms with Gasteiger partial charge in [-0.3, -0.25) is 4.79 Å². The van der Waals surface area contributed by atoms with Gasteiger partial charge in [-0.2, -0.15) is 0 Å². The number of carbonyl (C=O) groups excluding carboxylic acids is 1. The smallest absolute Gasteiger partial charge is 0.231 e. The minimum Gasteiger partial charge on any atom is -0.383 e. The van der Waals surface area contributed by atoms with Gasteiger partial charge in [0.05, 0.1) is 12.1 Å². The van der Waals surface area contributed by atoms with Crippen LogP contribution in [0.4, 0.5) is 17.3 Å². The predicted octanol–water partition coefficient (Wildman–Crippen LogP) is 2.57. The predicted molar refractivity (Wildman–Crippen MR) is 101 cm³/mol. The molecule has 0 spiro atoms. The van der Waals surface area contributed by atoms with Crippen molar-refractivity contribution in [2.45, 2.75) is 17.3 Å². The number of aromatic nitrogens is 3. The van der Waals surface area contributed by atoms with E-state index in [1.165, 1.54) is 29.2 Å². The molecule has 1 amide bonds. The molecule has 0 atom stereocenters. The van der Waals surface area contributed by atoms with Crippen LogP contribution in [0.1, 0.15) is 10.7 Å². The Kier molecular flexibility index (Phi) is 5.46. The van der Waals surface area contributed by atoms with Crippen molar-refractivity contribution in [1.82, 2.24) is 15.0 Å². The Labute approximate surface area is 152 Å². The number of nitrogens with two attached hydrogens (primary N) is 2. The van der Waals surface area contributed by atoms with Gasteiger partial charge in [0.15, 0.2) is 5.16 Å². The maximum Gasteiger partial charge on any atom is 0.231 e. The van der Waals surface area contributed by atoms with E-state index >= 15 is 0 Å². The Morgan fingerprint density at radius 2 is 1.84 bits per heavy atom. The van der Waals surface area contributed by atoms with Crippen molar-refractivity contribution in [3.8, 4) is 0 Å². The van der Waals surface area contributed by atoms with Gasteiger partial charge in [-0.1, -0.05) is 30.0 Å². The molecule has 0 saturated carbocycles. The van der Waals surface area contributed by atoms with Crippen LogP contribution in [0.2, 0.25) is 0 Å². The molecule has 0 aliphatic carbocycles. The third-order valence-electron chi connectivity index (χ3n) is 3.06. The second kappa shape index (κ2) is 7.95. The average Bonchev–Trinajstić information content (AvgIpc) is 3.00. The molecule has 2 aromatic heterocycles. The van der Waals surface area contributed by atoms with Crippen LogP contribution in [0.25, 0.3) is 0 Å². The first-order valence-electron chi connectivity index (χ1n) is 7.39. The van der Waals surface area contributed by atoms with Gasteiger partial charge in [-0.15, -0.1) is 11.3 Å². The minimum atomic E-state index is -0.0910. The molecule has 128 valence electrons. The van der Waals surface area contributed by atoms with Gasteiger partial charge in [0.25, 0.3) is 0 Å². The third-order valence-corrected chi connectivity index (χ3v) is 4.84. The van der Waals surface area contributed by atoms with Crippen LogP contribution < -0.4 is 16.8 Å². The Morgan fingerprint density at radius 1 is 1.12 bits per heavy atom. The molecular weight excluding hydrogens is 356 g/mol. The molecule has 9 heteroatoms. The zero-order valence-corrected chi connectivity index (χ0v) is 14.8. The number of nitrogens with one attached hydrogen (secondary N) is 1. The number of hydrogen-bond donors (Lipinski definition) is 3. The van der Waals surface area contributed by atoms with Gasteiger partial charge in [0, 0.05) is 22.9 Å². The summed E-state index contributed by atoms with van der Waals surface area (Å²) < 4.78 is 0. The van der Waals surface area contributed by atoms with Gasteiger partial charge in [0.1, 0.15) is 16.6 Å². The number of thiazole rings is 1. The lowest BCUT2D eigenvalue weighted by Gasteiger charge is -2.03. The first-order chi connectivity index (χ1) is 12.1. The number of anilines is 3. The Morgan fingerprint density at radius 3 is 2.56 bits per heavy atom. The zero-order valence-electron chi connectivity index (χ0n) is 13.2. The van der Waals surface area contributed by atoms with Gasteiger partial charge in [-0.05, 0) is 12.1 Å². The molecule has 5 N–H and O–H groups in total. The lowest BCUT2D eigenvalue weighted by molar-refractivity contribution is -0.115. The Bertz CT molecular complexity index is 848. The highest BCUT2D eigenvalue weighted by molar-refractivity contribution is 7.98. The highest BCUT2D eigenvalue weighted by Crippen LogP contribution is 2.22. The summed E-state index contributed by atoms with van der Waals surface area (Å²) in [5, 5.41) is 6.04. The number of nitrogens with zero attached hydrogens (tertiary/aromatic N) is 3.